The van der Waals surface area contributed by atoms with Crippen LogP contribution in [0.5, 0.6) is 0 Å². The van der Waals surface area contributed by atoms with Gasteiger partial charge in [0.15, 0.2) is 5.03 Å². The molecule has 1 aromatic heterocycles. The Kier molecular flexibility index (Phi) is 4.94. The number of esters is 1. The standard InChI is InChI=1S/C13H13N3O4S/c1-20-11(17)8-21-13-12(16(18)19)14-9-15(13)7-10-5-3-2-4-6-10/h2-6,9H,7-8H2,1H3. The average molecular weight is 307 g/mol. The Labute approximate surface area is 125 Å². The predicted molar refractivity (Wildman–Crippen MR) is 77.2 cm³/mol. The topological polar surface area (TPSA) is 87.3 Å². The summed E-state index contributed by atoms with van der Waals surface area (Å²) < 4.78 is 6.20. The van der Waals surface area contributed by atoms with E-state index in [9.17, 15) is 14.9 Å². The zero-order valence-corrected chi connectivity index (χ0v) is 12.1. The molecule has 0 amide bonds. The van der Waals surface area contributed by atoms with Gasteiger partial charge < -0.3 is 14.9 Å². The minimum Gasteiger partial charge on any atom is -0.468 e. The molecule has 2 rings (SSSR count). The van der Waals surface area contributed by atoms with E-state index < -0.39 is 10.9 Å². The molecule has 21 heavy (non-hydrogen) atoms. The second kappa shape index (κ2) is 6.89. The van der Waals surface area contributed by atoms with Crippen molar-refractivity contribution < 1.29 is 14.5 Å². The molecule has 1 aromatic carbocycles. The van der Waals surface area contributed by atoms with Crippen molar-refractivity contribution in [1.82, 2.24) is 9.55 Å². The molecule has 0 aliphatic heterocycles. The molecule has 0 N–H and O–H groups in total. The van der Waals surface area contributed by atoms with Crippen molar-refractivity contribution in [3.63, 3.8) is 0 Å². The highest BCUT2D eigenvalue weighted by molar-refractivity contribution is 8.00. The number of carbonyl (C=O) groups excluding carboxylic acids is 1. The van der Waals surface area contributed by atoms with Gasteiger partial charge in [-0.25, -0.2) is 0 Å². The lowest BCUT2D eigenvalue weighted by Crippen LogP contribution is -2.06. The first-order valence-corrected chi connectivity index (χ1v) is 7.03. The Bertz CT molecular complexity index is 642. The number of rotatable bonds is 6. The van der Waals surface area contributed by atoms with E-state index >= 15 is 0 Å². The third-order valence-corrected chi connectivity index (χ3v) is 3.77. The summed E-state index contributed by atoms with van der Waals surface area (Å²) in [5.41, 5.74) is 0.990. The summed E-state index contributed by atoms with van der Waals surface area (Å²) in [5.74, 6) is -0.695. The van der Waals surface area contributed by atoms with E-state index in [1.54, 1.807) is 4.57 Å². The van der Waals surface area contributed by atoms with Gasteiger partial charge in [0.2, 0.25) is 6.33 Å². The van der Waals surface area contributed by atoms with Crippen LogP contribution in [-0.2, 0) is 16.1 Å². The molecule has 8 heteroatoms. The van der Waals surface area contributed by atoms with Crippen LogP contribution < -0.4 is 0 Å². The number of ether oxygens (including phenoxy) is 1. The molecular formula is C13H13N3O4S. The lowest BCUT2D eigenvalue weighted by molar-refractivity contribution is -0.392. The van der Waals surface area contributed by atoms with Crippen LogP contribution in [0, 0.1) is 10.1 Å². The first kappa shape index (κ1) is 15.0. The van der Waals surface area contributed by atoms with Gasteiger partial charge in [-0.3, -0.25) is 9.36 Å². The Morgan fingerprint density at radius 1 is 1.43 bits per heavy atom. The summed E-state index contributed by atoms with van der Waals surface area (Å²) in [6, 6.07) is 9.51. The molecule has 0 radical (unpaired) electrons. The lowest BCUT2D eigenvalue weighted by Gasteiger charge is -2.06. The molecule has 0 aliphatic rings. The fraction of sp³-hybridized carbons (Fsp3) is 0.231. The van der Waals surface area contributed by atoms with Crippen molar-refractivity contribution in [3.05, 3.63) is 52.3 Å². The first-order chi connectivity index (χ1) is 10.1. The monoisotopic (exact) mass is 307 g/mol. The molecule has 0 saturated heterocycles. The van der Waals surface area contributed by atoms with Crippen LogP contribution in [0.1, 0.15) is 5.56 Å². The molecule has 0 aliphatic carbocycles. The molecule has 0 fully saturated rings. The SMILES string of the molecule is COC(=O)CSc1c([N+](=O)[O-])ncn1Cc1ccccc1. The molecule has 0 unspecified atom stereocenters. The second-order valence-corrected chi connectivity index (χ2v) is 5.07. The molecule has 0 atom stereocenters. The van der Waals surface area contributed by atoms with E-state index in [4.69, 9.17) is 0 Å². The molecule has 2 aromatic rings. The van der Waals surface area contributed by atoms with Crippen LogP contribution in [0.25, 0.3) is 0 Å². The summed E-state index contributed by atoms with van der Waals surface area (Å²) in [5, 5.41) is 11.3. The number of imidazole rings is 1. The molecule has 1 heterocycles. The lowest BCUT2D eigenvalue weighted by atomic mass is 10.2. The summed E-state index contributed by atoms with van der Waals surface area (Å²) in [4.78, 5) is 25.5. The van der Waals surface area contributed by atoms with Gasteiger partial charge in [-0.15, -0.1) is 0 Å². The van der Waals surface area contributed by atoms with Crippen LogP contribution in [0.4, 0.5) is 5.82 Å². The van der Waals surface area contributed by atoms with Gasteiger partial charge in [0, 0.05) is 0 Å². The van der Waals surface area contributed by atoms with E-state index in [2.05, 4.69) is 9.72 Å². The maximum absolute atomic E-state index is 11.2. The Morgan fingerprint density at radius 2 is 2.14 bits per heavy atom. The number of nitro groups is 1. The minimum absolute atomic E-state index is 0.00216. The molecule has 110 valence electrons. The van der Waals surface area contributed by atoms with Crippen molar-refractivity contribution in [2.75, 3.05) is 12.9 Å². The van der Waals surface area contributed by atoms with Crippen LogP contribution in [0.2, 0.25) is 0 Å². The van der Waals surface area contributed by atoms with E-state index in [1.165, 1.54) is 13.4 Å². The van der Waals surface area contributed by atoms with Crippen LogP contribution in [0.3, 0.4) is 0 Å². The van der Waals surface area contributed by atoms with Crippen molar-refractivity contribution in [2.45, 2.75) is 11.6 Å². The Balaban J connectivity index is 2.24. The molecular weight excluding hydrogens is 294 g/mol. The molecule has 0 saturated carbocycles. The number of nitrogens with zero attached hydrogens (tertiary/aromatic N) is 3. The van der Waals surface area contributed by atoms with Crippen molar-refractivity contribution >= 4 is 23.5 Å². The van der Waals surface area contributed by atoms with Gasteiger partial charge in [0.25, 0.3) is 0 Å². The quantitative estimate of drug-likeness (QED) is 0.351. The maximum Gasteiger partial charge on any atom is 0.395 e. The highest BCUT2D eigenvalue weighted by atomic mass is 32.2. The zero-order chi connectivity index (χ0) is 15.2. The second-order valence-electron chi connectivity index (χ2n) is 4.11. The smallest absolute Gasteiger partial charge is 0.395 e. The maximum atomic E-state index is 11.2. The highest BCUT2D eigenvalue weighted by Gasteiger charge is 2.23. The number of hydrogen-bond acceptors (Lipinski definition) is 6. The third kappa shape index (κ3) is 3.82. The Hall–Kier alpha value is -2.35. The zero-order valence-electron chi connectivity index (χ0n) is 11.3. The summed E-state index contributed by atoms with van der Waals surface area (Å²) in [6.07, 6.45) is 1.41. The van der Waals surface area contributed by atoms with E-state index in [-0.39, 0.29) is 11.6 Å². The number of thioether (sulfide) groups is 1. The van der Waals surface area contributed by atoms with Gasteiger partial charge in [-0.1, -0.05) is 42.1 Å². The summed E-state index contributed by atoms with van der Waals surface area (Å²) >= 11 is 1.04. The van der Waals surface area contributed by atoms with E-state index in [1.807, 2.05) is 30.3 Å². The number of aromatic nitrogens is 2. The highest BCUT2D eigenvalue weighted by Crippen LogP contribution is 2.28. The van der Waals surface area contributed by atoms with Crippen molar-refractivity contribution in [1.29, 1.82) is 0 Å². The fourth-order valence-corrected chi connectivity index (χ4v) is 2.62. The van der Waals surface area contributed by atoms with Crippen molar-refractivity contribution in [3.8, 4) is 0 Å². The van der Waals surface area contributed by atoms with Gasteiger partial charge in [0.1, 0.15) is 0 Å². The van der Waals surface area contributed by atoms with Gasteiger partial charge in [-0.05, 0) is 15.5 Å². The van der Waals surface area contributed by atoms with Crippen LogP contribution >= 0.6 is 11.8 Å². The fourth-order valence-electron chi connectivity index (χ4n) is 1.71. The van der Waals surface area contributed by atoms with E-state index in [0.29, 0.717) is 11.6 Å². The predicted octanol–water partition coefficient (Wildman–Crippen LogP) is 2.10. The number of hydrogen-bond donors (Lipinski definition) is 0. The van der Waals surface area contributed by atoms with Gasteiger partial charge >= 0.3 is 11.8 Å². The number of methoxy groups -OCH3 is 1. The van der Waals surface area contributed by atoms with Gasteiger partial charge in [-0.2, -0.15) is 0 Å². The van der Waals surface area contributed by atoms with Gasteiger partial charge in [0.05, 0.1) is 19.4 Å². The molecule has 0 bridgehead atoms. The minimum atomic E-state index is -0.554. The number of carbonyl (C=O) groups is 1. The first-order valence-electron chi connectivity index (χ1n) is 6.05. The number of benzene rings is 1. The van der Waals surface area contributed by atoms with Crippen LogP contribution in [-0.4, -0.2) is 33.3 Å². The Morgan fingerprint density at radius 3 is 2.76 bits per heavy atom. The summed E-state index contributed by atoms with van der Waals surface area (Å²) in [6.45, 7) is 0.450. The summed E-state index contributed by atoms with van der Waals surface area (Å²) in [7, 11) is 1.28. The van der Waals surface area contributed by atoms with Crippen molar-refractivity contribution in [2.24, 2.45) is 0 Å². The van der Waals surface area contributed by atoms with Crippen LogP contribution in [0.15, 0.2) is 41.7 Å². The largest absolute Gasteiger partial charge is 0.468 e. The average Bonchev–Trinajstić information content (AvgIpc) is 2.88. The molecule has 0 spiro atoms. The third-order valence-electron chi connectivity index (χ3n) is 2.69. The molecule has 7 nitrogen and oxygen atoms in total. The normalized spacial score (nSPS) is 10.3. The van der Waals surface area contributed by atoms with E-state index in [0.717, 1.165) is 17.3 Å².